The van der Waals surface area contributed by atoms with Gasteiger partial charge in [-0.15, -0.1) is 0 Å². The maximum atomic E-state index is 12.9. The van der Waals surface area contributed by atoms with Gasteiger partial charge in [0.1, 0.15) is 12.4 Å². The lowest BCUT2D eigenvalue weighted by molar-refractivity contribution is -0.143. The molecule has 0 unspecified atom stereocenters. The number of benzene rings is 2. The standard InChI is InChI=1S/C23H25N3O3/c1-3-16-9-5-7-11-19(16)25-14-17(13-21(25)27)23-24-18-10-6-8-12-20(18)26(23)15-22(28)29-4-2/h5-12,17H,3-4,13-15H2,1-2H3/t17-/m1/s1. The Morgan fingerprint density at radius 1 is 1.14 bits per heavy atom. The number of hydrogen-bond donors (Lipinski definition) is 0. The van der Waals surface area contributed by atoms with E-state index < -0.39 is 0 Å². The molecule has 4 rings (SSSR count). The zero-order chi connectivity index (χ0) is 20.4. The lowest BCUT2D eigenvalue weighted by Gasteiger charge is -2.20. The molecule has 2 heterocycles. The van der Waals surface area contributed by atoms with Crippen molar-refractivity contribution in [2.24, 2.45) is 0 Å². The summed E-state index contributed by atoms with van der Waals surface area (Å²) in [5.74, 6) is 0.485. The molecule has 6 heteroatoms. The summed E-state index contributed by atoms with van der Waals surface area (Å²) in [7, 11) is 0. The van der Waals surface area contributed by atoms with E-state index in [2.05, 4.69) is 13.0 Å². The number of rotatable bonds is 6. The Morgan fingerprint density at radius 3 is 2.69 bits per heavy atom. The Labute approximate surface area is 170 Å². The third-order valence-corrected chi connectivity index (χ3v) is 5.43. The Bertz CT molecular complexity index is 1060. The number of carbonyl (C=O) groups excluding carboxylic acids is 2. The first-order chi connectivity index (χ1) is 14.1. The highest BCUT2D eigenvalue weighted by Crippen LogP contribution is 2.34. The van der Waals surface area contributed by atoms with E-state index in [1.165, 1.54) is 0 Å². The van der Waals surface area contributed by atoms with E-state index in [0.29, 0.717) is 19.6 Å². The van der Waals surface area contributed by atoms with Gasteiger partial charge in [0.05, 0.1) is 17.6 Å². The summed E-state index contributed by atoms with van der Waals surface area (Å²) in [6, 6.07) is 15.8. The van der Waals surface area contributed by atoms with Crippen molar-refractivity contribution >= 4 is 28.6 Å². The number of amides is 1. The van der Waals surface area contributed by atoms with Gasteiger partial charge in [0.2, 0.25) is 5.91 Å². The van der Waals surface area contributed by atoms with Crippen molar-refractivity contribution in [2.45, 2.75) is 39.2 Å². The minimum absolute atomic E-state index is 0.0748. The highest BCUT2D eigenvalue weighted by atomic mass is 16.5. The molecule has 1 aromatic heterocycles. The minimum Gasteiger partial charge on any atom is -0.465 e. The Balaban J connectivity index is 1.70. The quantitative estimate of drug-likeness (QED) is 0.601. The first-order valence-electron chi connectivity index (χ1n) is 10.1. The normalized spacial score (nSPS) is 16.6. The number of nitrogens with zero attached hydrogens (tertiary/aromatic N) is 3. The van der Waals surface area contributed by atoms with Gasteiger partial charge in [0, 0.05) is 24.6 Å². The van der Waals surface area contributed by atoms with Gasteiger partial charge < -0.3 is 14.2 Å². The van der Waals surface area contributed by atoms with E-state index in [9.17, 15) is 9.59 Å². The number of aromatic nitrogens is 2. The van der Waals surface area contributed by atoms with Crippen LogP contribution in [0.4, 0.5) is 5.69 Å². The van der Waals surface area contributed by atoms with Crippen molar-refractivity contribution in [3.63, 3.8) is 0 Å². The molecule has 0 aliphatic carbocycles. The van der Waals surface area contributed by atoms with Gasteiger partial charge in [-0.2, -0.15) is 0 Å². The maximum absolute atomic E-state index is 12.9. The van der Waals surface area contributed by atoms with Gasteiger partial charge >= 0.3 is 5.97 Å². The highest BCUT2D eigenvalue weighted by Gasteiger charge is 2.35. The highest BCUT2D eigenvalue weighted by molar-refractivity contribution is 5.97. The average molecular weight is 391 g/mol. The number of ether oxygens (including phenoxy) is 1. The second kappa shape index (κ2) is 8.07. The molecular formula is C23H25N3O3. The van der Waals surface area contributed by atoms with Crippen LogP contribution in [0.15, 0.2) is 48.5 Å². The van der Waals surface area contributed by atoms with Crippen molar-refractivity contribution in [1.82, 2.24) is 9.55 Å². The van der Waals surface area contributed by atoms with E-state index >= 15 is 0 Å². The average Bonchev–Trinajstić information content (AvgIpc) is 3.29. The zero-order valence-electron chi connectivity index (χ0n) is 16.8. The molecule has 1 saturated heterocycles. The van der Waals surface area contributed by atoms with Crippen LogP contribution in [0.1, 0.15) is 37.6 Å². The predicted molar refractivity (Wildman–Crippen MR) is 112 cm³/mol. The molecule has 3 aromatic rings. The lowest BCUT2D eigenvalue weighted by Crippen LogP contribution is -2.26. The van der Waals surface area contributed by atoms with Crippen molar-refractivity contribution in [1.29, 1.82) is 0 Å². The summed E-state index contributed by atoms with van der Waals surface area (Å²) >= 11 is 0. The predicted octanol–water partition coefficient (Wildman–Crippen LogP) is 3.68. The van der Waals surface area contributed by atoms with Gasteiger partial charge in [0.25, 0.3) is 0 Å². The molecule has 1 amide bonds. The molecule has 29 heavy (non-hydrogen) atoms. The molecular weight excluding hydrogens is 366 g/mol. The van der Waals surface area contributed by atoms with Crippen molar-refractivity contribution in [3.05, 3.63) is 59.9 Å². The fourth-order valence-electron chi connectivity index (χ4n) is 4.09. The second-order valence-electron chi connectivity index (χ2n) is 7.24. The fraction of sp³-hybridized carbons (Fsp3) is 0.348. The number of carbonyl (C=O) groups is 2. The van der Waals surface area contributed by atoms with E-state index in [-0.39, 0.29) is 24.3 Å². The van der Waals surface area contributed by atoms with Crippen LogP contribution >= 0.6 is 0 Å². The van der Waals surface area contributed by atoms with E-state index in [1.807, 2.05) is 51.9 Å². The van der Waals surface area contributed by atoms with Gasteiger partial charge in [-0.05, 0) is 37.1 Å². The summed E-state index contributed by atoms with van der Waals surface area (Å²) in [6.07, 6.45) is 1.25. The van der Waals surface area contributed by atoms with Crippen molar-refractivity contribution in [3.8, 4) is 0 Å². The molecule has 1 atom stereocenters. The molecule has 2 aromatic carbocycles. The summed E-state index contributed by atoms with van der Waals surface area (Å²) in [5.41, 5.74) is 3.83. The van der Waals surface area contributed by atoms with E-state index in [1.54, 1.807) is 6.92 Å². The lowest BCUT2D eigenvalue weighted by atomic mass is 10.1. The number of fused-ring (bicyclic) bond motifs is 1. The third kappa shape index (κ3) is 3.62. The number of anilines is 1. The van der Waals surface area contributed by atoms with Crippen LogP contribution in [0, 0.1) is 0 Å². The van der Waals surface area contributed by atoms with Gasteiger partial charge in [0.15, 0.2) is 0 Å². The van der Waals surface area contributed by atoms with Crippen LogP contribution in [0.5, 0.6) is 0 Å². The molecule has 1 aliphatic rings. The monoisotopic (exact) mass is 391 g/mol. The Morgan fingerprint density at radius 2 is 1.90 bits per heavy atom. The Hall–Kier alpha value is -3.15. The molecule has 0 bridgehead atoms. The maximum Gasteiger partial charge on any atom is 0.326 e. The van der Waals surface area contributed by atoms with Gasteiger partial charge in [-0.3, -0.25) is 9.59 Å². The fourth-order valence-corrected chi connectivity index (χ4v) is 4.09. The molecule has 1 fully saturated rings. The summed E-state index contributed by atoms with van der Waals surface area (Å²) in [6.45, 7) is 4.88. The zero-order valence-corrected chi connectivity index (χ0v) is 16.8. The molecule has 6 nitrogen and oxygen atoms in total. The van der Waals surface area contributed by atoms with Crippen molar-refractivity contribution in [2.75, 3.05) is 18.1 Å². The topological polar surface area (TPSA) is 64.4 Å². The first-order valence-corrected chi connectivity index (χ1v) is 10.1. The van der Waals surface area contributed by atoms with E-state index in [0.717, 1.165) is 34.5 Å². The third-order valence-electron chi connectivity index (χ3n) is 5.43. The minimum atomic E-state index is -0.297. The van der Waals surface area contributed by atoms with Crippen LogP contribution in [0.2, 0.25) is 0 Å². The van der Waals surface area contributed by atoms with Crippen molar-refractivity contribution < 1.29 is 14.3 Å². The summed E-state index contributed by atoms with van der Waals surface area (Å²) < 4.78 is 7.06. The molecule has 0 N–H and O–H groups in total. The van der Waals surface area contributed by atoms with Crippen LogP contribution < -0.4 is 4.90 Å². The number of imidazole rings is 1. The van der Waals surface area contributed by atoms with Crippen LogP contribution in [0.3, 0.4) is 0 Å². The number of para-hydroxylation sites is 3. The summed E-state index contributed by atoms with van der Waals surface area (Å²) in [4.78, 5) is 31.7. The smallest absolute Gasteiger partial charge is 0.326 e. The summed E-state index contributed by atoms with van der Waals surface area (Å²) in [5, 5.41) is 0. The van der Waals surface area contributed by atoms with Crippen LogP contribution in [0.25, 0.3) is 11.0 Å². The molecule has 0 radical (unpaired) electrons. The van der Waals surface area contributed by atoms with Gasteiger partial charge in [-0.25, -0.2) is 4.98 Å². The molecule has 1 aliphatic heterocycles. The van der Waals surface area contributed by atoms with Crippen LogP contribution in [-0.2, 0) is 27.3 Å². The molecule has 0 spiro atoms. The Kier molecular flexibility index (Phi) is 5.34. The number of hydrogen-bond acceptors (Lipinski definition) is 4. The first kappa shape index (κ1) is 19.2. The molecule has 0 saturated carbocycles. The number of esters is 1. The van der Waals surface area contributed by atoms with Crippen LogP contribution in [-0.4, -0.2) is 34.6 Å². The second-order valence-corrected chi connectivity index (χ2v) is 7.24. The number of aryl methyl sites for hydroxylation is 1. The largest absolute Gasteiger partial charge is 0.465 e. The van der Waals surface area contributed by atoms with Gasteiger partial charge in [-0.1, -0.05) is 37.3 Å². The molecule has 150 valence electrons. The van der Waals surface area contributed by atoms with E-state index in [4.69, 9.17) is 9.72 Å². The SMILES string of the molecule is CCOC(=O)Cn1c([C@@H]2CC(=O)N(c3ccccc3CC)C2)nc2ccccc21.